The first-order chi connectivity index (χ1) is 12.2. The highest BCUT2D eigenvalue weighted by Crippen LogP contribution is 2.20. The van der Waals surface area contributed by atoms with Gasteiger partial charge >= 0.3 is 0 Å². The van der Waals surface area contributed by atoms with Crippen LogP contribution < -0.4 is 10.1 Å². The molecule has 3 rings (SSSR count). The lowest BCUT2D eigenvalue weighted by molar-refractivity contribution is 0.0946. The summed E-state index contributed by atoms with van der Waals surface area (Å²) in [4.78, 5) is 12.5. The van der Waals surface area contributed by atoms with E-state index < -0.39 is 0 Å². The smallest absolute Gasteiger partial charge is 0.255 e. The fraction of sp³-hybridized carbons (Fsp3) is 0.0952. The fourth-order valence-corrected chi connectivity index (χ4v) is 2.89. The van der Waals surface area contributed by atoms with Crippen molar-refractivity contribution in [2.45, 2.75) is 13.2 Å². The van der Waals surface area contributed by atoms with Crippen molar-refractivity contribution < 1.29 is 9.53 Å². The maximum absolute atomic E-state index is 12.5. The second kappa shape index (κ2) is 8.49. The number of carbonyl (C=O) groups excluding carboxylic acids is 1. The van der Waals surface area contributed by atoms with Gasteiger partial charge in [0.1, 0.15) is 12.4 Å². The second-order valence-electron chi connectivity index (χ2n) is 5.58. The Bertz CT molecular complexity index is 849. The molecule has 0 saturated heterocycles. The third-order valence-corrected chi connectivity index (χ3v) is 4.20. The molecule has 0 aromatic heterocycles. The van der Waals surface area contributed by atoms with E-state index in [1.54, 1.807) is 6.07 Å². The summed E-state index contributed by atoms with van der Waals surface area (Å²) in [6.45, 7) is 0.891. The van der Waals surface area contributed by atoms with Crippen LogP contribution in [0.15, 0.2) is 83.3 Å². The predicted octanol–water partition coefficient (Wildman–Crippen LogP) is 4.96. The lowest BCUT2D eigenvalue weighted by atomic mass is 10.1. The first kappa shape index (κ1) is 17.2. The highest BCUT2D eigenvalue weighted by atomic mass is 79.9. The Morgan fingerprint density at radius 1 is 0.880 bits per heavy atom. The van der Waals surface area contributed by atoms with Gasteiger partial charge in [0.25, 0.3) is 5.91 Å². The van der Waals surface area contributed by atoms with Crippen LogP contribution >= 0.6 is 15.9 Å². The van der Waals surface area contributed by atoms with E-state index in [1.807, 2.05) is 72.8 Å². The quantitative estimate of drug-likeness (QED) is 0.640. The molecule has 0 atom stereocenters. The van der Waals surface area contributed by atoms with Gasteiger partial charge in [-0.25, -0.2) is 0 Å². The van der Waals surface area contributed by atoms with Crippen LogP contribution in [0, 0.1) is 0 Å². The largest absolute Gasteiger partial charge is 0.488 e. The van der Waals surface area contributed by atoms with Gasteiger partial charge in [-0.1, -0.05) is 70.5 Å². The number of benzene rings is 3. The Morgan fingerprint density at radius 2 is 1.60 bits per heavy atom. The lowest BCUT2D eigenvalue weighted by Gasteiger charge is -2.12. The molecule has 0 aliphatic heterocycles. The molecular weight excluding hydrogens is 378 g/mol. The average molecular weight is 396 g/mol. The third-order valence-electron chi connectivity index (χ3n) is 3.71. The fourth-order valence-electron chi connectivity index (χ4n) is 2.44. The van der Waals surface area contributed by atoms with Crippen LogP contribution in [0.1, 0.15) is 21.5 Å². The van der Waals surface area contributed by atoms with E-state index >= 15 is 0 Å². The maximum Gasteiger partial charge on any atom is 0.255 e. The van der Waals surface area contributed by atoms with Gasteiger partial charge in [0.05, 0.1) is 5.56 Å². The summed E-state index contributed by atoms with van der Waals surface area (Å²) in [5.74, 6) is 0.432. The van der Waals surface area contributed by atoms with Gasteiger partial charge in [-0.2, -0.15) is 0 Å². The minimum Gasteiger partial charge on any atom is -0.488 e. The molecule has 0 aliphatic carbocycles. The Morgan fingerprint density at radius 3 is 2.40 bits per heavy atom. The molecule has 0 bridgehead atoms. The molecule has 3 aromatic rings. The van der Waals surface area contributed by atoms with Crippen LogP contribution in [-0.4, -0.2) is 5.91 Å². The number of amides is 1. The van der Waals surface area contributed by atoms with Crippen molar-refractivity contribution in [3.63, 3.8) is 0 Å². The zero-order chi connectivity index (χ0) is 17.5. The molecular formula is C21H18BrNO2. The molecule has 0 fully saturated rings. The Hall–Kier alpha value is -2.59. The van der Waals surface area contributed by atoms with E-state index in [9.17, 15) is 4.79 Å². The van der Waals surface area contributed by atoms with Gasteiger partial charge in [-0.05, 0) is 35.4 Å². The van der Waals surface area contributed by atoms with Crippen LogP contribution in [0.2, 0.25) is 0 Å². The highest BCUT2D eigenvalue weighted by Gasteiger charge is 2.12. The summed E-state index contributed by atoms with van der Waals surface area (Å²) < 4.78 is 6.87. The predicted molar refractivity (Wildman–Crippen MR) is 103 cm³/mol. The van der Waals surface area contributed by atoms with E-state index in [2.05, 4.69) is 21.2 Å². The molecule has 0 aliphatic rings. The number of nitrogens with one attached hydrogen (secondary N) is 1. The summed E-state index contributed by atoms with van der Waals surface area (Å²) in [6, 6.07) is 25.0. The summed E-state index contributed by atoms with van der Waals surface area (Å²) in [5.41, 5.74) is 2.63. The SMILES string of the molecule is O=C(NCc1ccccc1)c1ccccc1OCc1cccc(Br)c1. The van der Waals surface area contributed by atoms with Crippen LogP contribution in [0.25, 0.3) is 0 Å². The van der Waals surface area contributed by atoms with E-state index in [-0.39, 0.29) is 5.91 Å². The minimum atomic E-state index is -0.145. The monoisotopic (exact) mass is 395 g/mol. The van der Waals surface area contributed by atoms with Gasteiger partial charge in [0.15, 0.2) is 0 Å². The number of carbonyl (C=O) groups is 1. The van der Waals surface area contributed by atoms with Crippen molar-refractivity contribution in [3.8, 4) is 5.75 Å². The maximum atomic E-state index is 12.5. The number of hydrogen-bond donors (Lipinski definition) is 1. The van der Waals surface area contributed by atoms with Crippen LogP contribution in [0.4, 0.5) is 0 Å². The molecule has 1 N–H and O–H groups in total. The number of hydrogen-bond acceptors (Lipinski definition) is 2. The zero-order valence-corrected chi connectivity index (χ0v) is 15.2. The third kappa shape index (κ3) is 4.94. The average Bonchev–Trinajstić information content (AvgIpc) is 2.65. The molecule has 4 heteroatoms. The van der Waals surface area contributed by atoms with E-state index in [1.165, 1.54) is 0 Å². The molecule has 25 heavy (non-hydrogen) atoms. The molecule has 0 saturated carbocycles. The van der Waals surface area contributed by atoms with Gasteiger partial charge in [-0.3, -0.25) is 4.79 Å². The second-order valence-corrected chi connectivity index (χ2v) is 6.50. The topological polar surface area (TPSA) is 38.3 Å². The molecule has 0 unspecified atom stereocenters. The summed E-state index contributed by atoms with van der Waals surface area (Å²) in [5, 5.41) is 2.94. The van der Waals surface area contributed by atoms with Gasteiger partial charge in [0.2, 0.25) is 0 Å². The summed E-state index contributed by atoms with van der Waals surface area (Å²) >= 11 is 3.45. The van der Waals surface area contributed by atoms with Crippen molar-refractivity contribution in [1.82, 2.24) is 5.32 Å². The van der Waals surface area contributed by atoms with Gasteiger partial charge in [0, 0.05) is 11.0 Å². The molecule has 126 valence electrons. The first-order valence-electron chi connectivity index (χ1n) is 8.01. The number of ether oxygens (including phenoxy) is 1. The van der Waals surface area contributed by atoms with Crippen LogP contribution in [-0.2, 0) is 13.2 Å². The van der Waals surface area contributed by atoms with Crippen molar-refractivity contribution >= 4 is 21.8 Å². The Labute approximate surface area is 155 Å². The number of halogens is 1. The van der Waals surface area contributed by atoms with Crippen molar-refractivity contribution in [2.24, 2.45) is 0 Å². The van der Waals surface area contributed by atoms with E-state index in [4.69, 9.17) is 4.74 Å². The first-order valence-corrected chi connectivity index (χ1v) is 8.80. The highest BCUT2D eigenvalue weighted by molar-refractivity contribution is 9.10. The molecule has 3 nitrogen and oxygen atoms in total. The van der Waals surface area contributed by atoms with Crippen LogP contribution in [0.3, 0.4) is 0 Å². The minimum absolute atomic E-state index is 0.145. The van der Waals surface area contributed by atoms with Crippen molar-refractivity contribution in [3.05, 3.63) is 100 Å². The van der Waals surface area contributed by atoms with Crippen molar-refractivity contribution in [1.29, 1.82) is 0 Å². The number of rotatable bonds is 6. The molecule has 1 amide bonds. The Kier molecular flexibility index (Phi) is 5.86. The molecule has 0 heterocycles. The van der Waals surface area contributed by atoms with Gasteiger partial charge < -0.3 is 10.1 Å². The number of para-hydroxylation sites is 1. The standard InChI is InChI=1S/C21H18BrNO2/c22-18-10-6-9-17(13-18)15-25-20-12-5-4-11-19(20)21(24)23-14-16-7-2-1-3-8-16/h1-13H,14-15H2,(H,23,24). The van der Waals surface area contributed by atoms with E-state index in [0.717, 1.165) is 15.6 Å². The molecule has 3 aromatic carbocycles. The van der Waals surface area contributed by atoms with E-state index in [0.29, 0.717) is 24.5 Å². The zero-order valence-electron chi connectivity index (χ0n) is 13.6. The lowest BCUT2D eigenvalue weighted by Crippen LogP contribution is -2.23. The van der Waals surface area contributed by atoms with Crippen LogP contribution in [0.5, 0.6) is 5.75 Å². The summed E-state index contributed by atoms with van der Waals surface area (Å²) in [7, 11) is 0. The Balaban J connectivity index is 1.66. The molecule has 0 radical (unpaired) electrons. The summed E-state index contributed by atoms with van der Waals surface area (Å²) in [6.07, 6.45) is 0. The van der Waals surface area contributed by atoms with Gasteiger partial charge in [-0.15, -0.1) is 0 Å². The normalized spacial score (nSPS) is 10.3. The molecule has 0 spiro atoms. The van der Waals surface area contributed by atoms with Crippen molar-refractivity contribution in [2.75, 3.05) is 0 Å².